The second-order valence-corrected chi connectivity index (χ2v) is 3.85. The van der Waals surface area contributed by atoms with Crippen molar-refractivity contribution in [1.29, 1.82) is 0 Å². The zero-order valence-electron chi connectivity index (χ0n) is 10.6. The summed E-state index contributed by atoms with van der Waals surface area (Å²) in [7, 11) is 0. The second kappa shape index (κ2) is 5.54. The number of aryl methyl sites for hydroxylation is 2. The largest absolute Gasteiger partial charge is 0.307 e. The predicted molar refractivity (Wildman–Crippen MR) is 67.7 cm³/mol. The van der Waals surface area contributed by atoms with E-state index in [1.54, 1.807) is 12.4 Å². The smallest absolute Gasteiger partial charge is 0.158 e. The van der Waals surface area contributed by atoms with Crippen LogP contribution in [0.25, 0.3) is 0 Å². The summed E-state index contributed by atoms with van der Waals surface area (Å²) in [5.74, 6) is 7.61. The van der Waals surface area contributed by atoms with Gasteiger partial charge in [-0.2, -0.15) is 5.10 Å². The molecule has 2 aromatic rings. The summed E-state index contributed by atoms with van der Waals surface area (Å²) in [6.45, 7) is 4.68. The molecule has 0 bridgehead atoms. The van der Waals surface area contributed by atoms with Crippen molar-refractivity contribution in [3.63, 3.8) is 0 Å². The van der Waals surface area contributed by atoms with Gasteiger partial charge < -0.3 is 5.43 Å². The van der Waals surface area contributed by atoms with E-state index in [9.17, 15) is 0 Å². The SMILES string of the molecule is CCc1nc(CC)n(Cc2cnc(NN)cn2)n1. The maximum atomic E-state index is 5.24. The monoisotopic (exact) mass is 247 g/mol. The van der Waals surface area contributed by atoms with Gasteiger partial charge in [0.05, 0.1) is 24.6 Å². The quantitative estimate of drug-likeness (QED) is 0.591. The highest BCUT2D eigenvalue weighted by Gasteiger charge is 2.08. The summed E-state index contributed by atoms with van der Waals surface area (Å²) < 4.78 is 1.87. The van der Waals surface area contributed by atoms with E-state index in [1.807, 2.05) is 11.6 Å². The van der Waals surface area contributed by atoms with Gasteiger partial charge in [0.1, 0.15) is 5.82 Å². The van der Waals surface area contributed by atoms with Crippen molar-refractivity contribution in [3.8, 4) is 0 Å². The number of anilines is 1. The normalized spacial score (nSPS) is 10.6. The van der Waals surface area contributed by atoms with Crippen molar-refractivity contribution in [3.05, 3.63) is 29.7 Å². The molecule has 3 N–H and O–H groups in total. The zero-order valence-corrected chi connectivity index (χ0v) is 10.6. The molecule has 0 saturated heterocycles. The van der Waals surface area contributed by atoms with Crippen LogP contribution in [0.3, 0.4) is 0 Å². The summed E-state index contributed by atoms with van der Waals surface area (Å²) >= 11 is 0. The van der Waals surface area contributed by atoms with Crippen LogP contribution in [0.5, 0.6) is 0 Å². The Labute approximate surface area is 105 Å². The molecule has 0 fully saturated rings. The Hall–Kier alpha value is -2.02. The zero-order chi connectivity index (χ0) is 13.0. The Balaban J connectivity index is 2.18. The Morgan fingerprint density at radius 2 is 2.06 bits per heavy atom. The third kappa shape index (κ3) is 2.62. The molecule has 7 nitrogen and oxygen atoms in total. The van der Waals surface area contributed by atoms with Crippen molar-refractivity contribution in [2.45, 2.75) is 33.2 Å². The highest BCUT2D eigenvalue weighted by atomic mass is 15.3. The molecule has 0 aliphatic rings. The Morgan fingerprint density at radius 3 is 2.61 bits per heavy atom. The number of nitrogens with zero attached hydrogens (tertiary/aromatic N) is 5. The molecule has 2 rings (SSSR count). The number of hydrazine groups is 1. The van der Waals surface area contributed by atoms with Crippen LogP contribution in [-0.4, -0.2) is 24.7 Å². The van der Waals surface area contributed by atoms with Gasteiger partial charge in [-0.25, -0.2) is 20.5 Å². The Kier molecular flexibility index (Phi) is 3.83. The summed E-state index contributed by atoms with van der Waals surface area (Å²) in [4.78, 5) is 12.8. The summed E-state index contributed by atoms with van der Waals surface area (Å²) in [5, 5.41) is 4.43. The third-order valence-electron chi connectivity index (χ3n) is 2.59. The lowest BCUT2D eigenvalue weighted by Gasteiger charge is -2.04. The Bertz CT molecular complexity index is 503. The van der Waals surface area contributed by atoms with Gasteiger partial charge >= 0.3 is 0 Å². The number of hydrogen-bond acceptors (Lipinski definition) is 6. The van der Waals surface area contributed by atoms with Gasteiger partial charge in [0.15, 0.2) is 11.6 Å². The van der Waals surface area contributed by atoms with E-state index in [2.05, 4.69) is 32.4 Å². The first-order chi connectivity index (χ1) is 8.76. The maximum Gasteiger partial charge on any atom is 0.158 e. The molecular formula is C11H17N7. The average Bonchev–Trinajstić information content (AvgIpc) is 2.82. The van der Waals surface area contributed by atoms with Crippen molar-refractivity contribution in [2.75, 3.05) is 5.43 Å². The molecule has 0 spiro atoms. The summed E-state index contributed by atoms with van der Waals surface area (Å²) in [6.07, 6.45) is 4.96. The van der Waals surface area contributed by atoms with E-state index in [0.29, 0.717) is 12.4 Å². The van der Waals surface area contributed by atoms with E-state index in [0.717, 1.165) is 30.2 Å². The highest BCUT2D eigenvalue weighted by Crippen LogP contribution is 2.05. The fraction of sp³-hybridized carbons (Fsp3) is 0.455. The minimum atomic E-state index is 0.544. The third-order valence-corrected chi connectivity index (χ3v) is 2.59. The number of nitrogen functional groups attached to an aromatic ring is 1. The van der Waals surface area contributed by atoms with Gasteiger partial charge in [-0.15, -0.1) is 0 Å². The fourth-order valence-electron chi connectivity index (χ4n) is 1.63. The summed E-state index contributed by atoms with van der Waals surface area (Å²) in [5.41, 5.74) is 3.28. The van der Waals surface area contributed by atoms with E-state index in [1.165, 1.54) is 0 Å². The van der Waals surface area contributed by atoms with E-state index >= 15 is 0 Å². The van der Waals surface area contributed by atoms with Gasteiger partial charge in [-0.3, -0.25) is 4.98 Å². The molecule has 0 unspecified atom stereocenters. The van der Waals surface area contributed by atoms with Crippen LogP contribution in [0, 0.1) is 0 Å². The predicted octanol–water partition coefficient (Wildman–Crippen LogP) is 0.527. The number of nitrogens with two attached hydrogens (primary N) is 1. The molecule has 0 aliphatic heterocycles. The number of hydrogen-bond donors (Lipinski definition) is 2. The van der Waals surface area contributed by atoms with Crippen LogP contribution >= 0.6 is 0 Å². The van der Waals surface area contributed by atoms with Gasteiger partial charge in [-0.05, 0) is 0 Å². The first kappa shape index (κ1) is 12.4. The molecule has 2 heterocycles. The molecule has 7 heteroatoms. The number of nitrogens with one attached hydrogen (secondary N) is 1. The maximum absolute atomic E-state index is 5.24. The number of rotatable bonds is 5. The average molecular weight is 247 g/mol. The topological polar surface area (TPSA) is 94.5 Å². The van der Waals surface area contributed by atoms with Crippen LogP contribution in [-0.2, 0) is 19.4 Å². The first-order valence-corrected chi connectivity index (χ1v) is 5.97. The van der Waals surface area contributed by atoms with Gasteiger partial charge in [0.2, 0.25) is 0 Å². The van der Waals surface area contributed by atoms with Crippen molar-refractivity contribution >= 4 is 5.82 Å². The van der Waals surface area contributed by atoms with Crippen molar-refractivity contribution in [1.82, 2.24) is 24.7 Å². The lowest BCUT2D eigenvalue weighted by atomic mass is 10.4. The molecule has 96 valence electrons. The van der Waals surface area contributed by atoms with E-state index in [-0.39, 0.29) is 0 Å². The lowest BCUT2D eigenvalue weighted by molar-refractivity contribution is 0.624. The molecule has 0 saturated carbocycles. The van der Waals surface area contributed by atoms with Gasteiger partial charge in [-0.1, -0.05) is 13.8 Å². The minimum Gasteiger partial charge on any atom is -0.307 e. The van der Waals surface area contributed by atoms with Crippen LogP contribution < -0.4 is 11.3 Å². The van der Waals surface area contributed by atoms with Crippen LogP contribution in [0.1, 0.15) is 31.2 Å². The standard InChI is InChI=1S/C11H17N7/c1-3-9-15-11(4-2)18(17-9)7-8-5-14-10(16-12)6-13-8/h5-6H,3-4,7,12H2,1-2H3,(H,14,16). The van der Waals surface area contributed by atoms with Crippen LogP contribution in [0.2, 0.25) is 0 Å². The van der Waals surface area contributed by atoms with Gasteiger partial charge in [0, 0.05) is 12.8 Å². The van der Waals surface area contributed by atoms with Crippen molar-refractivity contribution < 1.29 is 0 Å². The van der Waals surface area contributed by atoms with Gasteiger partial charge in [0.25, 0.3) is 0 Å². The molecule has 2 aromatic heterocycles. The highest BCUT2D eigenvalue weighted by molar-refractivity contribution is 5.28. The molecule has 0 atom stereocenters. The second-order valence-electron chi connectivity index (χ2n) is 3.85. The molecule has 0 radical (unpaired) electrons. The molecule has 0 aliphatic carbocycles. The van der Waals surface area contributed by atoms with Crippen LogP contribution in [0.4, 0.5) is 5.82 Å². The molecule has 0 amide bonds. The number of aromatic nitrogens is 5. The minimum absolute atomic E-state index is 0.544. The fourth-order valence-corrected chi connectivity index (χ4v) is 1.63. The first-order valence-electron chi connectivity index (χ1n) is 5.97. The lowest BCUT2D eigenvalue weighted by Crippen LogP contribution is -2.11. The molecular weight excluding hydrogens is 230 g/mol. The summed E-state index contributed by atoms with van der Waals surface area (Å²) in [6, 6.07) is 0. The van der Waals surface area contributed by atoms with Crippen LogP contribution in [0.15, 0.2) is 12.4 Å². The van der Waals surface area contributed by atoms with E-state index in [4.69, 9.17) is 5.84 Å². The van der Waals surface area contributed by atoms with Crippen molar-refractivity contribution in [2.24, 2.45) is 5.84 Å². The van der Waals surface area contributed by atoms with E-state index < -0.39 is 0 Å². The Morgan fingerprint density at radius 1 is 1.22 bits per heavy atom. The molecule has 18 heavy (non-hydrogen) atoms. The molecule has 0 aromatic carbocycles.